The molecule has 1 heterocycles. The lowest BCUT2D eigenvalue weighted by atomic mass is 9.47. The van der Waals surface area contributed by atoms with E-state index in [0.29, 0.717) is 30.6 Å². The van der Waals surface area contributed by atoms with E-state index in [1.54, 1.807) is 0 Å². The van der Waals surface area contributed by atoms with Gasteiger partial charge in [-0.25, -0.2) is 0 Å². The molecule has 1 saturated heterocycles. The third kappa shape index (κ3) is 3.49. The molecule has 180 valence electrons. The van der Waals surface area contributed by atoms with Crippen LogP contribution in [-0.2, 0) is 9.59 Å². The third-order valence-corrected chi connectivity index (χ3v) is 9.98. The summed E-state index contributed by atoms with van der Waals surface area (Å²) < 4.78 is 40.3. The van der Waals surface area contributed by atoms with Crippen LogP contribution >= 0.6 is 0 Å². The molecule has 8 atom stereocenters. The summed E-state index contributed by atoms with van der Waals surface area (Å²) in [5, 5.41) is 2.28. The Bertz CT molecular complexity index is 811. The van der Waals surface area contributed by atoms with Crippen LogP contribution in [0.1, 0.15) is 72.1 Å². The lowest BCUT2D eigenvalue weighted by Gasteiger charge is -2.61. The molecular weight excluding hydrogens is 417 g/mol. The van der Waals surface area contributed by atoms with Crippen molar-refractivity contribution in [3.05, 3.63) is 12.2 Å². The van der Waals surface area contributed by atoms with Gasteiger partial charge in [-0.05, 0) is 86.0 Å². The average molecular weight is 455 g/mol. The lowest BCUT2D eigenvalue weighted by Crippen LogP contribution is -2.61. The highest BCUT2D eigenvalue weighted by Crippen LogP contribution is 2.66. The van der Waals surface area contributed by atoms with Gasteiger partial charge in [0.25, 0.3) is 0 Å². The number of halogens is 3. The van der Waals surface area contributed by atoms with E-state index in [2.05, 4.69) is 25.7 Å². The molecule has 4 nitrogen and oxygen atoms in total. The van der Waals surface area contributed by atoms with Gasteiger partial charge in [0.1, 0.15) is 6.04 Å². The van der Waals surface area contributed by atoms with Crippen molar-refractivity contribution < 1.29 is 22.8 Å². The summed E-state index contributed by atoms with van der Waals surface area (Å²) in [6.45, 7) is 9.25. The van der Waals surface area contributed by atoms with Gasteiger partial charge in [0.2, 0.25) is 11.8 Å². The van der Waals surface area contributed by atoms with Crippen molar-refractivity contribution in [3.8, 4) is 0 Å². The molecule has 7 heteroatoms. The zero-order chi connectivity index (χ0) is 23.6. The fourth-order valence-corrected chi connectivity index (χ4v) is 8.31. The van der Waals surface area contributed by atoms with Crippen LogP contribution in [-0.4, -0.2) is 42.0 Å². The molecule has 32 heavy (non-hydrogen) atoms. The average Bonchev–Trinajstić information content (AvgIpc) is 3.05. The summed E-state index contributed by atoms with van der Waals surface area (Å²) >= 11 is 0. The maximum absolute atomic E-state index is 13.4. The molecule has 3 aliphatic carbocycles. The van der Waals surface area contributed by atoms with Gasteiger partial charge in [0, 0.05) is 25.4 Å². The number of carbonyl (C=O) groups excluding carboxylic acids is 2. The Morgan fingerprint density at radius 3 is 2.38 bits per heavy atom. The van der Waals surface area contributed by atoms with E-state index in [1.165, 1.54) is 6.92 Å². The van der Waals surface area contributed by atoms with Crippen LogP contribution in [0.4, 0.5) is 13.2 Å². The van der Waals surface area contributed by atoms with Gasteiger partial charge in [-0.2, -0.15) is 13.2 Å². The van der Waals surface area contributed by atoms with E-state index >= 15 is 0 Å². The monoisotopic (exact) mass is 454 g/mol. The molecular formula is C25H37F3N2O2. The number of amides is 2. The van der Waals surface area contributed by atoms with E-state index in [-0.39, 0.29) is 28.4 Å². The maximum Gasteiger partial charge on any atom is 0.412 e. The Morgan fingerprint density at radius 1 is 1.09 bits per heavy atom. The second-order valence-corrected chi connectivity index (χ2v) is 11.5. The lowest BCUT2D eigenvalue weighted by molar-refractivity contribution is -0.163. The van der Waals surface area contributed by atoms with E-state index < -0.39 is 24.0 Å². The number of nitrogens with zero attached hydrogens (tertiary/aromatic N) is 1. The molecule has 1 N–H and O–H groups in total. The van der Waals surface area contributed by atoms with Gasteiger partial charge < -0.3 is 10.2 Å². The van der Waals surface area contributed by atoms with Crippen molar-refractivity contribution in [3.63, 3.8) is 0 Å². The summed E-state index contributed by atoms with van der Waals surface area (Å²) in [4.78, 5) is 27.4. The van der Waals surface area contributed by atoms with Crippen LogP contribution in [0, 0.1) is 34.5 Å². The number of fused-ring (bicyclic) bond motifs is 5. The van der Waals surface area contributed by atoms with Gasteiger partial charge in [-0.15, -0.1) is 0 Å². The normalized spacial score (nSPS) is 42.5. The van der Waals surface area contributed by atoms with Gasteiger partial charge in [0.05, 0.1) is 0 Å². The van der Waals surface area contributed by atoms with Crippen molar-refractivity contribution in [1.82, 2.24) is 10.2 Å². The second-order valence-electron chi connectivity index (χ2n) is 11.5. The van der Waals surface area contributed by atoms with Crippen LogP contribution < -0.4 is 5.32 Å². The number of alkyl halides is 3. The molecule has 4 aliphatic rings. The van der Waals surface area contributed by atoms with Crippen molar-refractivity contribution in [2.24, 2.45) is 34.5 Å². The molecule has 1 aliphatic heterocycles. The van der Waals surface area contributed by atoms with Crippen LogP contribution in [0.5, 0.6) is 0 Å². The Morgan fingerprint density at radius 2 is 1.75 bits per heavy atom. The van der Waals surface area contributed by atoms with Crippen LogP contribution in [0.3, 0.4) is 0 Å². The highest BCUT2D eigenvalue weighted by Gasteiger charge is 2.62. The fraction of sp³-hybridized carbons (Fsp3) is 0.840. The molecule has 0 radical (unpaired) electrons. The number of carbonyl (C=O) groups is 2. The number of hydrogen-bond acceptors (Lipinski definition) is 2. The first-order valence-corrected chi connectivity index (χ1v) is 12.1. The van der Waals surface area contributed by atoms with Crippen molar-refractivity contribution >= 4 is 11.8 Å². The molecule has 4 rings (SSSR count). The Balaban J connectivity index is 1.54. The second kappa shape index (κ2) is 7.76. The smallest absolute Gasteiger partial charge is 0.342 e. The summed E-state index contributed by atoms with van der Waals surface area (Å²) in [5.41, 5.74) is -0.263. The van der Waals surface area contributed by atoms with Crippen LogP contribution in [0.15, 0.2) is 12.2 Å². The van der Waals surface area contributed by atoms with Gasteiger partial charge >= 0.3 is 6.18 Å². The predicted octanol–water partition coefficient (Wildman–Crippen LogP) is 5.09. The molecule has 0 aromatic carbocycles. The third-order valence-electron chi connectivity index (χ3n) is 9.98. The Labute approximate surface area is 189 Å². The molecule has 1 unspecified atom stereocenters. The standard InChI is InChI=1S/C25H37F3N2O2/c1-14(2)21(25(26,27)28)29-22(32)18-8-7-16-15-6-9-19-24(4,13-11-20(31)30(19)5)17(15)10-12-23(16,18)3/h15-19,21H,1,6-13H2,2-5H3,(H,29,32)/t15-,16-,17-,18+,19+,21?,23-,24+/m0/s1. The number of hydrogen-bond donors (Lipinski definition) is 1. The molecule has 2 amide bonds. The van der Waals surface area contributed by atoms with E-state index in [9.17, 15) is 22.8 Å². The summed E-state index contributed by atoms with van der Waals surface area (Å²) in [7, 11) is 1.94. The zero-order valence-corrected chi connectivity index (χ0v) is 19.7. The topological polar surface area (TPSA) is 49.4 Å². The first-order valence-electron chi connectivity index (χ1n) is 12.1. The minimum absolute atomic E-state index is 0.0866. The van der Waals surface area contributed by atoms with E-state index in [0.717, 1.165) is 38.5 Å². The van der Waals surface area contributed by atoms with Crippen molar-refractivity contribution in [1.29, 1.82) is 0 Å². The number of likely N-dealkylation sites (tertiary alicyclic amines) is 1. The van der Waals surface area contributed by atoms with Gasteiger partial charge in [0.15, 0.2) is 0 Å². The van der Waals surface area contributed by atoms with E-state index in [1.807, 2.05) is 11.9 Å². The number of piperidine rings is 1. The highest BCUT2D eigenvalue weighted by molar-refractivity contribution is 5.81. The summed E-state index contributed by atoms with van der Waals surface area (Å²) in [6.07, 6.45) is 2.39. The van der Waals surface area contributed by atoms with Crippen molar-refractivity contribution in [2.45, 2.75) is 90.4 Å². The number of rotatable bonds is 3. The minimum Gasteiger partial charge on any atom is -0.342 e. The van der Waals surface area contributed by atoms with E-state index in [4.69, 9.17) is 0 Å². The first kappa shape index (κ1) is 23.6. The molecule has 0 aromatic heterocycles. The quantitative estimate of drug-likeness (QED) is 0.604. The minimum atomic E-state index is -4.53. The Kier molecular flexibility index (Phi) is 5.73. The largest absolute Gasteiger partial charge is 0.412 e. The molecule has 4 fully saturated rings. The first-order chi connectivity index (χ1) is 14.8. The molecule has 3 saturated carbocycles. The molecule has 0 spiro atoms. The Hall–Kier alpha value is -1.53. The van der Waals surface area contributed by atoms with Crippen molar-refractivity contribution in [2.75, 3.05) is 7.05 Å². The SMILES string of the molecule is C=C(C)C(NC(=O)[C@H]1CC[C@H]2[C@@H]3CC[C@H]4N(C)C(=O)CC[C@]4(C)[C@H]3CC[C@]12C)C(F)(F)F. The van der Waals surface area contributed by atoms with Gasteiger partial charge in [-0.3, -0.25) is 9.59 Å². The number of nitrogens with one attached hydrogen (secondary N) is 1. The zero-order valence-electron chi connectivity index (χ0n) is 19.7. The van der Waals surface area contributed by atoms with Gasteiger partial charge in [-0.1, -0.05) is 20.4 Å². The molecule has 0 aromatic rings. The van der Waals surface area contributed by atoms with Crippen LogP contribution in [0.2, 0.25) is 0 Å². The molecule has 0 bridgehead atoms. The predicted molar refractivity (Wildman–Crippen MR) is 116 cm³/mol. The summed E-state index contributed by atoms with van der Waals surface area (Å²) in [6, 6.07) is -1.71. The maximum atomic E-state index is 13.4. The fourth-order valence-electron chi connectivity index (χ4n) is 8.31. The van der Waals surface area contributed by atoms with Crippen LogP contribution in [0.25, 0.3) is 0 Å². The summed E-state index contributed by atoms with van der Waals surface area (Å²) in [5.74, 6) is 0.720. The highest BCUT2D eigenvalue weighted by atomic mass is 19.4.